The Morgan fingerprint density at radius 2 is 2.36 bits per heavy atom. The highest BCUT2D eigenvalue weighted by Crippen LogP contribution is 2.02. The van der Waals surface area contributed by atoms with Gasteiger partial charge in [-0.05, 0) is 13.3 Å². The van der Waals surface area contributed by atoms with E-state index in [1.54, 1.807) is 5.48 Å². The molecule has 4 nitrogen and oxygen atoms in total. The molecule has 0 bridgehead atoms. The highest BCUT2D eigenvalue weighted by atomic mass is 16.5. The first-order valence-electron chi connectivity index (χ1n) is 3.94. The van der Waals surface area contributed by atoms with Crippen LogP contribution in [0.1, 0.15) is 33.1 Å². The number of unbranched alkanes of at least 4 members (excludes halogenated alkanes) is 1. The van der Waals surface area contributed by atoms with Gasteiger partial charge < -0.3 is 5.73 Å². The lowest BCUT2D eigenvalue weighted by Gasteiger charge is -2.05. The van der Waals surface area contributed by atoms with Gasteiger partial charge in [-0.1, -0.05) is 19.8 Å². The standard InChI is InChI=1S/C7H17N3O/c1-3-4-5-6(2)9-7(8)10-11/h6,11H,3-5H2,1-2H3,(H3,8,9,10). The van der Waals surface area contributed by atoms with Gasteiger partial charge in [0, 0.05) is 0 Å². The number of hydrogen-bond acceptors (Lipinski definition) is 2. The van der Waals surface area contributed by atoms with Crippen molar-refractivity contribution in [3.63, 3.8) is 0 Å². The third-order valence-corrected chi connectivity index (χ3v) is 1.45. The third kappa shape index (κ3) is 5.66. The molecule has 0 aromatic rings. The van der Waals surface area contributed by atoms with Crippen molar-refractivity contribution in [3.05, 3.63) is 0 Å². The van der Waals surface area contributed by atoms with Crippen molar-refractivity contribution < 1.29 is 5.21 Å². The van der Waals surface area contributed by atoms with Crippen LogP contribution in [0.2, 0.25) is 0 Å². The summed E-state index contributed by atoms with van der Waals surface area (Å²) in [4.78, 5) is 3.97. The van der Waals surface area contributed by atoms with E-state index < -0.39 is 0 Å². The molecule has 0 aromatic heterocycles. The van der Waals surface area contributed by atoms with Crippen molar-refractivity contribution >= 4 is 5.96 Å². The summed E-state index contributed by atoms with van der Waals surface area (Å²) in [6.45, 7) is 4.10. The number of rotatable bonds is 4. The van der Waals surface area contributed by atoms with Crippen LogP contribution < -0.4 is 11.2 Å². The number of guanidine groups is 1. The molecule has 66 valence electrons. The topological polar surface area (TPSA) is 70.6 Å². The number of hydrogen-bond donors (Lipinski definition) is 3. The summed E-state index contributed by atoms with van der Waals surface area (Å²) >= 11 is 0. The van der Waals surface area contributed by atoms with Gasteiger partial charge in [0.25, 0.3) is 0 Å². The van der Waals surface area contributed by atoms with Crippen LogP contribution in [0.25, 0.3) is 0 Å². The molecule has 0 aromatic carbocycles. The summed E-state index contributed by atoms with van der Waals surface area (Å²) in [5.74, 6) is 0.0913. The van der Waals surface area contributed by atoms with Crippen LogP contribution in [0.3, 0.4) is 0 Å². The largest absolute Gasteiger partial charge is 0.368 e. The molecule has 0 saturated carbocycles. The van der Waals surface area contributed by atoms with Gasteiger partial charge in [0.15, 0.2) is 0 Å². The van der Waals surface area contributed by atoms with Crippen LogP contribution in [0.15, 0.2) is 4.99 Å². The molecular formula is C7H17N3O. The van der Waals surface area contributed by atoms with Crippen molar-refractivity contribution in [2.45, 2.75) is 39.2 Å². The lowest BCUT2D eigenvalue weighted by Crippen LogP contribution is -2.29. The lowest BCUT2D eigenvalue weighted by molar-refractivity contribution is 0.232. The summed E-state index contributed by atoms with van der Waals surface area (Å²) < 4.78 is 0. The van der Waals surface area contributed by atoms with E-state index in [9.17, 15) is 0 Å². The maximum Gasteiger partial charge on any atom is 0.213 e. The Bertz CT molecular complexity index is 125. The molecule has 0 rings (SSSR count). The fourth-order valence-electron chi connectivity index (χ4n) is 0.830. The smallest absolute Gasteiger partial charge is 0.213 e. The van der Waals surface area contributed by atoms with Gasteiger partial charge in [-0.15, -0.1) is 0 Å². The molecule has 0 fully saturated rings. The van der Waals surface area contributed by atoms with Gasteiger partial charge in [-0.25, -0.2) is 10.5 Å². The second-order valence-corrected chi connectivity index (χ2v) is 2.62. The average Bonchev–Trinajstić information content (AvgIpc) is 2.00. The highest BCUT2D eigenvalue weighted by Gasteiger charge is 1.98. The monoisotopic (exact) mass is 159 g/mol. The van der Waals surface area contributed by atoms with Crippen molar-refractivity contribution in [2.24, 2.45) is 10.7 Å². The van der Waals surface area contributed by atoms with Crippen LogP contribution in [-0.2, 0) is 0 Å². The van der Waals surface area contributed by atoms with Crippen molar-refractivity contribution in [3.8, 4) is 0 Å². The Balaban J connectivity index is 3.57. The van der Waals surface area contributed by atoms with E-state index >= 15 is 0 Å². The van der Waals surface area contributed by atoms with Crippen LogP contribution in [-0.4, -0.2) is 17.2 Å². The number of hydroxylamine groups is 1. The van der Waals surface area contributed by atoms with Crippen LogP contribution >= 0.6 is 0 Å². The molecular weight excluding hydrogens is 142 g/mol. The van der Waals surface area contributed by atoms with Gasteiger partial charge in [-0.3, -0.25) is 5.21 Å². The minimum atomic E-state index is 0.0913. The third-order valence-electron chi connectivity index (χ3n) is 1.45. The molecule has 4 heteroatoms. The molecule has 0 saturated heterocycles. The number of aliphatic imine (C=N–C) groups is 1. The van der Waals surface area contributed by atoms with E-state index in [0.29, 0.717) is 0 Å². The van der Waals surface area contributed by atoms with Crippen molar-refractivity contribution in [1.82, 2.24) is 5.48 Å². The van der Waals surface area contributed by atoms with E-state index in [4.69, 9.17) is 10.9 Å². The summed E-state index contributed by atoms with van der Waals surface area (Å²) in [6.07, 6.45) is 3.31. The van der Waals surface area contributed by atoms with E-state index in [1.165, 1.54) is 0 Å². The maximum atomic E-state index is 8.30. The van der Waals surface area contributed by atoms with E-state index in [0.717, 1.165) is 19.3 Å². The molecule has 0 aliphatic carbocycles. The van der Waals surface area contributed by atoms with E-state index in [2.05, 4.69) is 11.9 Å². The van der Waals surface area contributed by atoms with Gasteiger partial charge in [0.1, 0.15) is 0 Å². The Morgan fingerprint density at radius 3 is 2.82 bits per heavy atom. The molecule has 0 heterocycles. The quantitative estimate of drug-likeness (QED) is 0.323. The predicted octanol–water partition coefficient (Wildman–Crippen LogP) is 0.859. The first-order chi connectivity index (χ1) is 5.20. The Labute approximate surface area is 67.5 Å². The molecule has 11 heavy (non-hydrogen) atoms. The minimum Gasteiger partial charge on any atom is -0.368 e. The SMILES string of the molecule is CCCCC(C)N=C(N)NO. The van der Waals surface area contributed by atoms with Crippen LogP contribution in [0, 0.1) is 0 Å². The summed E-state index contributed by atoms with van der Waals surface area (Å²) in [5, 5.41) is 8.30. The Morgan fingerprint density at radius 1 is 1.73 bits per heavy atom. The summed E-state index contributed by atoms with van der Waals surface area (Å²) in [5.41, 5.74) is 7.03. The zero-order valence-electron chi connectivity index (χ0n) is 7.17. The maximum absolute atomic E-state index is 8.30. The first-order valence-corrected chi connectivity index (χ1v) is 3.94. The number of nitrogens with two attached hydrogens (primary N) is 1. The van der Waals surface area contributed by atoms with E-state index in [1.807, 2.05) is 6.92 Å². The van der Waals surface area contributed by atoms with Gasteiger partial charge in [0.2, 0.25) is 5.96 Å². The fourth-order valence-corrected chi connectivity index (χ4v) is 0.830. The van der Waals surface area contributed by atoms with Gasteiger partial charge in [-0.2, -0.15) is 0 Å². The average molecular weight is 159 g/mol. The molecule has 0 radical (unpaired) electrons. The van der Waals surface area contributed by atoms with Gasteiger partial charge in [0.05, 0.1) is 6.04 Å². The predicted molar refractivity (Wildman–Crippen MR) is 45.5 cm³/mol. The molecule has 4 N–H and O–H groups in total. The molecule has 0 amide bonds. The zero-order chi connectivity index (χ0) is 8.69. The highest BCUT2D eigenvalue weighted by molar-refractivity contribution is 5.76. The fraction of sp³-hybridized carbons (Fsp3) is 0.857. The van der Waals surface area contributed by atoms with Gasteiger partial charge >= 0.3 is 0 Å². The minimum absolute atomic E-state index is 0.0913. The molecule has 1 atom stereocenters. The first kappa shape index (κ1) is 10.2. The molecule has 1 unspecified atom stereocenters. The van der Waals surface area contributed by atoms with Crippen molar-refractivity contribution in [1.29, 1.82) is 0 Å². The van der Waals surface area contributed by atoms with E-state index in [-0.39, 0.29) is 12.0 Å². The Kier molecular flexibility index (Phi) is 5.56. The normalized spacial score (nSPS) is 14.6. The second-order valence-electron chi connectivity index (χ2n) is 2.62. The molecule has 0 spiro atoms. The van der Waals surface area contributed by atoms with Crippen LogP contribution in [0.5, 0.6) is 0 Å². The zero-order valence-corrected chi connectivity index (χ0v) is 7.17. The lowest BCUT2D eigenvalue weighted by atomic mass is 10.1. The Hall–Kier alpha value is -0.770. The van der Waals surface area contributed by atoms with Crippen molar-refractivity contribution in [2.75, 3.05) is 0 Å². The van der Waals surface area contributed by atoms with Crippen LogP contribution in [0.4, 0.5) is 0 Å². The molecule has 0 aliphatic rings. The summed E-state index contributed by atoms with van der Waals surface area (Å²) in [6, 6.07) is 0.189. The number of nitrogens with zero attached hydrogens (tertiary/aromatic N) is 1. The molecule has 0 aliphatic heterocycles. The second kappa shape index (κ2) is 5.97. The summed E-state index contributed by atoms with van der Waals surface area (Å²) in [7, 11) is 0. The number of nitrogens with one attached hydrogen (secondary N) is 1.